The van der Waals surface area contributed by atoms with Crippen molar-refractivity contribution in [1.82, 2.24) is 4.98 Å². The van der Waals surface area contributed by atoms with Gasteiger partial charge in [0.05, 0.1) is 18.6 Å². The van der Waals surface area contributed by atoms with Crippen molar-refractivity contribution in [2.45, 2.75) is 5.92 Å². The van der Waals surface area contributed by atoms with Gasteiger partial charge in [-0.05, 0) is 29.8 Å². The highest BCUT2D eigenvalue weighted by Crippen LogP contribution is 2.19. The number of nitriles is 1. The Bertz CT molecular complexity index is 678. The van der Waals surface area contributed by atoms with Crippen LogP contribution >= 0.6 is 0 Å². The van der Waals surface area contributed by atoms with Gasteiger partial charge in [-0.25, -0.2) is 9.37 Å². The molecule has 0 bridgehead atoms. The van der Waals surface area contributed by atoms with Gasteiger partial charge < -0.3 is 10.1 Å². The van der Waals surface area contributed by atoms with E-state index in [4.69, 9.17) is 10.00 Å². The van der Waals surface area contributed by atoms with E-state index in [0.717, 1.165) is 0 Å². The van der Waals surface area contributed by atoms with Crippen LogP contribution in [-0.4, -0.2) is 24.6 Å². The van der Waals surface area contributed by atoms with Crippen molar-refractivity contribution in [3.8, 4) is 6.07 Å². The highest BCUT2D eigenvalue weighted by Gasteiger charge is 2.21. The minimum atomic E-state index is -0.581. The molecule has 0 aliphatic heterocycles. The molecule has 2 aromatic rings. The number of aromatic nitrogens is 1. The monoisotopic (exact) mass is 299 g/mol. The summed E-state index contributed by atoms with van der Waals surface area (Å²) in [6.45, 7) is 0.247. The number of ether oxygens (including phenoxy) is 1. The number of hydrogen-bond donors (Lipinski definition) is 1. The third kappa shape index (κ3) is 3.79. The molecule has 1 atom stereocenters. The summed E-state index contributed by atoms with van der Waals surface area (Å²) in [4.78, 5) is 16.0. The van der Waals surface area contributed by atoms with E-state index in [-0.39, 0.29) is 12.4 Å². The number of nitrogens with zero attached hydrogens (tertiary/aromatic N) is 2. The number of carbonyl (C=O) groups excluding carboxylic acids is 1. The molecule has 0 saturated heterocycles. The second kappa shape index (κ2) is 7.18. The molecule has 0 radical (unpaired) electrons. The predicted octanol–water partition coefficient (Wildman–Crippen LogP) is 2.46. The Balaban J connectivity index is 2.11. The van der Waals surface area contributed by atoms with Crippen molar-refractivity contribution in [2.24, 2.45) is 0 Å². The van der Waals surface area contributed by atoms with Crippen LogP contribution in [-0.2, 0) is 9.53 Å². The van der Waals surface area contributed by atoms with Crippen molar-refractivity contribution >= 4 is 11.8 Å². The van der Waals surface area contributed by atoms with Crippen LogP contribution in [0.15, 0.2) is 42.6 Å². The van der Waals surface area contributed by atoms with Crippen LogP contribution in [0.5, 0.6) is 0 Å². The molecule has 0 amide bonds. The van der Waals surface area contributed by atoms with Gasteiger partial charge in [0.15, 0.2) is 0 Å². The molecule has 1 N–H and O–H groups in total. The van der Waals surface area contributed by atoms with Gasteiger partial charge in [0.2, 0.25) is 0 Å². The zero-order valence-electron chi connectivity index (χ0n) is 11.9. The fourth-order valence-corrected chi connectivity index (χ4v) is 1.95. The number of nitrogens with one attached hydrogen (secondary N) is 1. The first-order chi connectivity index (χ1) is 10.6. The highest BCUT2D eigenvalue weighted by atomic mass is 19.1. The SMILES string of the molecule is COC(=O)C(CNc1ccc(C#N)cn1)c1ccc(F)cc1. The first-order valence-corrected chi connectivity index (χ1v) is 6.57. The lowest BCUT2D eigenvalue weighted by Gasteiger charge is -2.16. The Hall–Kier alpha value is -2.94. The van der Waals surface area contributed by atoms with Crippen LogP contribution in [0.3, 0.4) is 0 Å². The van der Waals surface area contributed by atoms with Crippen LogP contribution in [0.25, 0.3) is 0 Å². The molecule has 1 heterocycles. The number of rotatable bonds is 5. The lowest BCUT2D eigenvalue weighted by atomic mass is 9.99. The van der Waals surface area contributed by atoms with Crippen LogP contribution < -0.4 is 5.32 Å². The highest BCUT2D eigenvalue weighted by molar-refractivity contribution is 5.78. The summed E-state index contributed by atoms with van der Waals surface area (Å²) < 4.78 is 17.8. The quantitative estimate of drug-likeness (QED) is 0.858. The maximum absolute atomic E-state index is 13.0. The molecule has 6 heteroatoms. The Labute approximate surface area is 127 Å². The van der Waals surface area contributed by atoms with Crippen molar-refractivity contribution in [1.29, 1.82) is 5.26 Å². The Morgan fingerprint density at radius 2 is 2.09 bits per heavy atom. The molecule has 0 fully saturated rings. The van der Waals surface area contributed by atoms with Crippen molar-refractivity contribution in [3.63, 3.8) is 0 Å². The molecule has 0 saturated carbocycles. The van der Waals surface area contributed by atoms with E-state index < -0.39 is 11.9 Å². The van der Waals surface area contributed by atoms with Gasteiger partial charge in [0, 0.05) is 12.7 Å². The predicted molar refractivity (Wildman–Crippen MR) is 78.6 cm³/mol. The second-order valence-corrected chi connectivity index (χ2v) is 4.55. The zero-order valence-corrected chi connectivity index (χ0v) is 11.9. The summed E-state index contributed by atoms with van der Waals surface area (Å²) in [5, 5.41) is 11.7. The molecular weight excluding hydrogens is 285 g/mol. The van der Waals surface area contributed by atoms with Gasteiger partial charge in [-0.2, -0.15) is 5.26 Å². The number of esters is 1. The van der Waals surface area contributed by atoms with E-state index >= 15 is 0 Å². The average Bonchev–Trinajstić information content (AvgIpc) is 2.56. The van der Waals surface area contributed by atoms with Gasteiger partial charge in [0.25, 0.3) is 0 Å². The largest absolute Gasteiger partial charge is 0.468 e. The zero-order chi connectivity index (χ0) is 15.9. The number of anilines is 1. The number of carbonyl (C=O) groups is 1. The summed E-state index contributed by atoms with van der Waals surface area (Å²) in [7, 11) is 1.30. The van der Waals surface area contributed by atoms with Crippen molar-refractivity contribution in [2.75, 3.05) is 19.0 Å². The summed E-state index contributed by atoms with van der Waals surface area (Å²) in [6, 6.07) is 10.9. The maximum atomic E-state index is 13.0. The molecule has 0 aliphatic rings. The summed E-state index contributed by atoms with van der Waals surface area (Å²) >= 11 is 0. The van der Waals surface area contributed by atoms with Gasteiger partial charge in [-0.1, -0.05) is 12.1 Å². The number of benzene rings is 1. The van der Waals surface area contributed by atoms with E-state index in [9.17, 15) is 9.18 Å². The molecule has 112 valence electrons. The lowest BCUT2D eigenvalue weighted by molar-refractivity contribution is -0.142. The van der Waals surface area contributed by atoms with Crippen LogP contribution in [0.1, 0.15) is 17.0 Å². The average molecular weight is 299 g/mol. The topological polar surface area (TPSA) is 75.0 Å². The molecule has 0 aliphatic carbocycles. The number of pyridine rings is 1. The van der Waals surface area contributed by atoms with Crippen molar-refractivity contribution < 1.29 is 13.9 Å². The second-order valence-electron chi connectivity index (χ2n) is 4.55. The molecule has 2 rings (SSSR count). The van der Waals surface area contributed by atoms with Crippen LogP contribution in [0.4, 0.5) is 10.2 Å². The fraction of sp³-hybridized carbons (Fsp3) is 0.188. The van der Waals surface area contributed by atoms with E-state index in [2.05, 4.69) is 10.3 Å². The first kappa shape index (κ1) is 15.4. The summed E-state index contributed by atoms with van der Waals surface area (Å²) in [5.41, 5.74) is 1.10. The molecule has 0 spiro atoms. The van der Waals surface area contributed by atoms with Crippen LogP contribution in [0.2, 0.25) is 0 Å². The minimum absolute atomic E-state index is 0.247. The molecular formula is C16H14FN3O2. The summed E-state index contributed by atoms with van der Waals surface area (Å²) in [5.74, 6) is -0.833. The third-order valence-corrected chi connectivity index (χ3v) is 3.14. The molecule has 1 aromatic carbocycles. The number of methoxy groups -OCH3 is 1. The smallest absolute Gasteiger partial charge is 0.314 e. The molecule has 5 nitrogen and oxygen atoms in total. The minimum Gasteiger partial charge on any atom is -0.468 e. The Kier molecular flexibility index (Phi) is 5.04. The Morgan fingerprint density at radius 3 is 2.64 bits per heavy atom. The normalized spacial score (nSPS) is 11.3. The third-order valence-electron chi connectivity index (χ3n) is 3.14. The van der Waals surface area contributed by atoms with Crippen LogP contribution in [0, 0.1) is 17.1 Å². The Morgan fingerprint density at radius 1 is 1.36 bits per heavy atom. The fourth-order valence-electron chi connectivity index (χ4n) is 1.95. The van der Waals surface area contributed by atoms with Gasteiger partial charge in [-0.15, -0.1) is 0 Å². The molecule has 1 unspecified atom stereocenters. The van der Waals surface area contributed by atoms with E-state index in [0.29, 0.717) is 16.9 Å². The van der Waals surface area contributed by atoms with Crippen molar-refractivity contribution in [3.05, 3.63) is 59.5 Å². The number of hydrogen-bond acceptors (Lipinski definition) is 5. The van der Waals surface area contributed by atoms with Gasteiger partial charge in [0.1, 0.15) is 17.7 Å². The molecule has 1 aromatic heterocycles. The summed E-state index contributed by atoms with van der Waals surface area (Å²) in [6.07, 6.45) is 1.44. The van der Waals surface area contributed by atoms with E-state index in [1.807, 2.05) is 6.07 Å². The number of halogens is 1. The van der Waals surface area contributed by atoms with E-state index in [1.165, 1.54) is 25.4 Å². The maximum Gasteiger partial charge on any atom is 0.314 e. The van der Waals surface area contributed by atoms with Gasteiger partial charge in [-0.3, -0.25) is 4.79 Å². The standard InChI is InChI=1S/C16H14FN3O2/c1-22-16(21)14(12-3-5-13(17)6-4-12)10-20-15-7-2-11(8-18)9-19-15/h2-7,9,14H,10H2,1H3,(H,19,20). The first-order valence-electron chi connectivity index (χ1n) is 6.57. The molecule has 22 heavy (non-hydrogen) atoms. The van der Waals surface area contributed by atoms with E-state index in [1.54, 1.807) is 24.3 Å². The van der Waals surface area contributed by atoms with Gasteiger partial charge >= 0.3 is 5.97 Å². The lowest BCUT2D eigenvalue weighted by Crippen LogP contribution is -2.22.